The van der Waals surface area contributed by atoms with Crippen LogP contribution in [0.3, 0.4) is 0 Å². The van der Waals surface area contributed by atoms with Gasteiger partial charge in [-0.1, -0.05) is 19.8 Å². The van der Waals surface area contributed by atoms with Crippen LogP contribution < -0.4 is 5.32 Å². The van der Waals surface area contributed by atoms with Crippen molar-refractivity contribution in [2.45, 2.75) is 32.3 Å². The quantitative estimate of drug-likeness (QED) is 0.501. The first-order valence-corrected chi connectivity index (χ1v) is 5.33. The number of hydrogen-bond acceptors (Lipinski definition) is 3. The van der Waals surface area contributed by atoms with Crippen LogP contribution in [-0.4, -0.2) is 39.0 Å². The predicted molar refractivity (Wildman–Crippen MR) is 53.0 cm³/mol. The third kappa shape index (κ3) is 9.80. The number of ether oxygens (including phenoxy) is 2. The van der Waals surface area contributed by atoms with Crippen LogP contribution in [0.2, 0.25) is 0 Å². The first-order valence-electron chi connectivity index (χ1n) is 5.33. The topological polar surface area (TPSA) is 37.1 Å². The van der Waals surface area contributed by atoms with Crippen molar-refractivity contribution in [2.75, 3.05) is 32.9 Å². The highest BCUT2D eigenvalue weighted by atomic mass is 16.6. The average Bonchev–Trinajstić information content (AvgIpc) is 2.98. The van der Waals surface area contributed by atoms with Gasteiger partial charge in [-0.2, -0.15) is 0 Å². The number of hydrogen-bond donors (Lipinski definition) is 1. The van der Waals surface area contributed by atoms with E-state index in [2.05, 4.69) is 17.0 Å². The van der Waals surface area contributed by atoms with Crippen LogP contribution in [0, 0.1) is 0 Å². The minimum absolute atomic E-state index is 0.543. The SMILES string of the molecule is C1CO1.CCCCCNCC1CO1. The van der Waals surface area contributed by atoms with Gasteiger partial charge in [0.25, 0.3) is 0 Å². The van der Waals surface area contributed by atoms with E-state index in [0.717, 1.165) is 32.9 Å². The lowest BCUT2D eigenvalue weighted by atomic mass is 10.2. The Morgan fingerprint density at radius 2 is 2.00 bits per heavy atom. The molecule has 2 fully saturated rings. The summed E-state index contributed by atoms with van der Waals surface area (Å²) in [6.45, 7) is 7.42. The van der Waals surface area contributed by atoms with E-state index in [1.54, 1.807) is 0 Å². The van der Waals surface area contributed by atoms with E-state index in [4.69, 9.17) is 4.74 Å². The van der Waals surface area contributed by atoms with Crippen molar-refractivity contribution in [1.29, 1.82) is 0 Å². The third-order valence-electron chi connectivity index (χ3n) is 1.94. The van der Waals surface area contributed by atoms with E-state index in [0.29, 0.717) is 6.10 Å². The monoisotopic (exact) mass is 187 g/mol. The Bertz CT molecular complexity index is 111. The first kappa shape index (κ1) is 11.0. The molecule has 0 aliphatic carbocycles. The van der Waals surface area contributed by atoms with E-state index < -0.39 is 0 Å². The molecule has 0 bridgehead atoms. The van der Waals surface area contributed by atoms with Crippen LogP contribution in [0.25, 0.3) is 0 Å². The zero-order valence-electron chi connectivity index (χ0n) is 8.55. The maximum Gasteiger partial charge on any atom is 0.0933 e. The molecule has 0 aromatic heterocycles. The van der Waals surface area contributed by atoms with Crippen molar-refractivity contribution in [3.63, 3.8) is 0 Å². The highest BCUT2D eigenvalue weighted by Crippen LogP contribution is 2.05. The molecule has 0 radical (unpaired) electrons. The van der Waals surface area contributed by atoms with Crippen LogP contribution in [0.15, 0.2) is 0 Å². The summed E-state index contributed by atoms with van der Waals surface area (Å²) >= 11 is 0. The van der Waals surface area contributed by atoms with Gasteiger partial charge in [-0.05, 0) is 13.0 Å². The van der Waals surface area contributed by atoms with Gasteiger partial charge in [-0.3, -0.25) is 0 Å². The van der Waals surface area contributed by atoms with Gasteiger partial charge >= 0.3 is 0 Å². The van der Waals surface area contributed by atoms with Crippen LogP contribution in [0.1, 0.15) is 26.2 Å². The molecule has 0 saturated carbocycles. The molecule has 3 nitrogen and oxygen atoms in total. The largest absolute Gasteiger partial charge is 0.377 e. The summed E-state index contributed by atoms with van der Waals surface area (Å²) in [5.41, 5.74) is 0. The lowest BCUT2D eigenvalue weighted by molar-refractivity contribution is 0.396. The molecule has 2 heterocycles. The fraction of sp³-hybridized carbons (Fsp3) is 1.00. The molecule has 0 aromatic rings. The van der Waals surface area contributed by atoms with Crippen molar-refractivity contribution in [1.82, 2.24) is 5.32 Å². The van der Waals surface area contributed by atoms with Crippen LogP contribution in [0.5, 0.6) is 0 Å². The van der Waals surface area contributed by atoms with Crippen molar-refractivity contribution >= 4 is 0 Å². The third-order valence-corrected chi connectivity index (χ3v) is 1.94. The van der Waals surface area contributed by atoms with Gasteiger partial charge in [-0.15, -0.1) is 0 Å². The second kappa shape index (κ2) is 7.30. The highest BCUT2D eigenvalue weighted by molar-refractivity contribution is 4.71. The lowest BCUT2D eigenvalue weighted by Crippen LogP contribution is -2.20. The van der Waals surface area contributed by atoms with E-state index in [1.807, 2.05) is 0 Å². The zero-order valence-corrected chi connectivity index (χ0v) is 8.55. The number of rotatable bonds is 6. The molecule has 2 rings (SSSR count). The summed E-state index contributed by atoms with van der Waals surface area (Å²) in [5.74, 6) is 0. The number of nitrogens with one attached hydrogen (secondary N) is 1. The fourth-order valence-electron chi connectivity index (χ4n) is 0.949. The maximum atomic E-state index is 5.05. The van der Waals surface area contributed by atoms with E-state index >= 15 is 0 Å². The van der Waals surface area contributed by atoms with Gasteiger partial charge in [0.15, 0.2) is 0 Å². The summed E-state index contributed by atoms with van der Waals surface area (Å²) in [4.78, 5) is 0. The smallest absolute Gasteiger partial charge is 0.0933 e. The van der Waals surface area contributed by atoms with Crippen LogP contribution in [-0.2, 0) is 9.47 Å². The average molecular weight is 187 g/mol. The standard InChI is InChI=1S/C8H17NO.C2H4O/c1-2-3-4-5-9-6-8-7-10-8;1-2-3-1/h8-9H,2-7H2,1H3;1-2H2. The van der Waals surface area contributed by atoms with Gasteiger partial charge in [0.1, 0.15) is 0 Å². The van der Waals surface area contributed by atoms with Gasteiger partial charge in [0.05, 0.1) is 25.9 Å². The first-order chi connectivity index (χ1) is 6.43. The molecule has 78 valence electrons. The highest BCUT2D eigenvalue weighted by Gasteiger charge is 2.20. The molecule has 0 aromatic carbocycles. The Hall–Kier alpha value is -0.120. The molecule has 3 heteroatoms. The molecular weight excluding hydrogens is 166 g/mol. The lowest BCUT2D eigenvalue weighted by Gasteiger charge is -1.99. The molecule has 0 amide bonds. The Balaban J connectivity index is 0.000000236. The second-order valence-electron chi connectivity index (χ2n) is 3.48. The summed E-state index contributed by atoms with van der Waals surface area (Å²) in [5, 5.41) is 3.36. The number of unbranched alkanes of at least 4 members (excludes halogenated alkanes) is 2. The molecule has 2 aliphatic heterocycles. The molecular formula is C10H21NO2. The Labute approximate surface area is 80.8 Å². The molecule has 1 N–H and O–H groups in total. The Kier molecular flexibility index (Phi) is 6.15. The maximum absolute atomic E-state index is 5.05. The normalized spacial score (nSPS) is 23.3. The summed E-state index contributed by atoms with van der Waals surface area (Å²) in [6.07, 6.45) is 4.50. The van der Waals surface area contributed by atoms with Crippen LogP contribution >= 0.6 is 0 Å². The van der Waals surface area contributed by atoms with E-state index in [9.17, 15) is 0 Å². The van der Waals surface area contributed by atoms with Gasteiger partial charge in [0, 0.05) is 6.54 Å². The molecule has 1 unspecified atom stereocenters. The van der Waals surface area contributed by atoms with E-state index in [1.165, 1.54) is 19.3 Å². The van der Waals surface area contributed by atoms with Crippen molar-refractivity contribution < 1.29 is 9.47 Å². The van der Waals surface area contributed by atoms with Crippen molar-refractivity contribution in [3.8, 4) is 0 Å². The Morgan fingerprint density at radius 3 is 2.46 bits per heavy atom. The number of epoxide rings is 2. The molecule has 13 heavy (non-hydrogen) atoms. The van der Waals surface area contributed by atoms with Gasteiger partial charge in [-0.25, -0.2) is 0 Å². The Morgan fingerprint density at radius 1 is 1.31 bits per heavy atom. The molecule has 2 aliphatic rings. The summed E-state index contributed by atoms with van der Waals surface area (Å²) < 4.78 is 9.55. The van der Waals surface area contributed by atoms with Gasteiger partial charge in [0.2, 0.25) is 0 Å². The minimum atomic E-state index is 0.543. The minimum Gasteiger partial charge on any atom is -0.377 e. The molecule has 2 saturated heterocycles. The molecule has 0 spiro atoms. The molecule has 1 atom stereocenters. The fourth-order valence-corrected chi connectivity index (χ4v) is 0.949. The van der Waals surface area contributed by atoms with Crippen LogP contribution in [0.4, 0.5) is 0 Å². The zero-order chi connectivity index (χ0) is 9.36. The summed E-state index contributed by atoms with van der Waals surface area (Å²) in [7, 11) is 0. The van der Waals surface area contributed by atoms with Crippen molar-refractivity contribution in [2.24, 2.45) is 0 Å². The van der Waals surface area contributed by atoms with Gasteiger partial charge < -0.3 is 14.8 Å². The van der Waals surface area contributed by atoms with E-state index in [-0.39, 0.29) is 0 Å². The predicted octanol–water partition coefficient (Wildman–Crippen LogP) is 1.18. The second-order valence-corrected chi connectivity index (χ2v) is 3.48. The van der Waals surface area contributed by atoms with Crippen molar-refractivity contribution in [3.05, 3.63) is 0 Å². The summed E-state index contributed by atoms with van der Waals surface area (Å²) in [6, 6.07) is 0.